The van der Waals surface area contributed by atoms with Crippen LogP contribution in [0.3, 0.4) is 0 Å². The lowest BCUT2D eigenvalue weighted by atomic mass is 10.1. The Morgan fingerprint density at radius 1 is 1.24 bits per heavy atom. The predicted octanol–water partition coefficient (Wildman–Crippen LogP) is 2.54. The molecule has 3 nitrogen and oxygen atoms in total. The SMILES string of the molecule is CCc1cc(CC)n(Cc2ccc(C#CCO)cc2F)n1. The highest BCUT2D eigenvalue weighted by atomic mass is 19.1. The van der Waals surface area contributed by atoms with Crippen molar-refractivity contribution in [3.8, 4) is 11.8 Å². The molecule has 0 spiro atoms. The number of hydrogen-bond donors (Lipinski definition) is 1. The van der Waals surface area contributed by atoms with Gasteiger partial charge in [-0.05, 0) is 31.0 Å². The fourth-order valence-corrected chi connectivity index (χ4v) is 2.17. The van der Waals surface area contributed by atoms with Crippen LogP contribution in [0.1, 0.15) is 36.4 Å². The van der Waals surface area contributed by atoms with E-state index in [2.05, 4.69) is 36.9 Å². The van der Waals surface area contributed by atoms with Crippen LogP contribution in [0.2, 0.25) is 0 Å². The Kier molecular flexibility index (Phi) is 5.13. The largest absolute Gasteiger partial charge is 0.384 e. The molecule has 0 aliphatic carbocycles. The molecule has 1 aromatic heterocycles. The Balaban J connectivity index is 2.25. The third-order valence-electron chi connectivity index (χ3n) is 3.32. The van der Waals surface area contributed by atoms with E-state index in [4.69, 9.17) is 5.11 Å². The van der Waals surface area contributed by atoms with Crippen molar-refractivity contribution in [3.05, 3.63) is 52.6 Å². The lowest BCUT2D eigenvalue weighted by Crippen LogP contribution is -2.07. The van der Waals surface area contributed by atoms with Crippen LogP contribution in [0.4, 0.5) is 4.39 Å². The van der Waals surface area contributed by atoms with Crippen LogP contribution in [0, 0.1) is 17.7 Å². The summed E-state index contributed by atoms with van der Waals surface area (Å²) < 4.78 is 16.0. The highest BCUT2D eigenvalue weighted by Gasteiger charge is 2.09. The van der Waals surface area contributed by atoms with Gasteiger partial charge in [0.05, 0.1) is 12.2 Å². The zero-order chi connectivity index (χ0) is 15.2. The summed E-state index contributed by atoms with van der Waals surface area (Å²) in [4.78, 5) is 0. The first-order valence-corrected chi connectivity index (χ1v) is 7.11. The number of aromatic nitrogens is 2. The molecule has 0 aliphatic heterocycles. The van der Waals surface area contributed by atoms with E-state index in [9.17, 15) is 4.39 Å². The van der Waals surface area contributed by atoms with Gasteiger partial charge in [-0.2, -0.15) is 5.10 Å². The fourth-order valence-electron chi connectivity index (χ4n) is 2.17. The lowest BCUT2D eigenvalue weighted by Gasteiger charge is -2.07. The number of rotatable bonds is 4. The third-order valence-corrected chi connectivity index (χ3v) is 3.32. The summed E-state index contributed by atoms with van der Waals surface area (Å²) in [7, 11) is 0. The molecular formula is C17H19FN2O. The van der Waals surface area contributed by atoms with Gasteiger partial charge in [0.25, 0.3) is 0 Å². The maximum Gasteiger partial charge on any atom is 0.129 e. The molecule has 0 atom stereocenters. The lowest BCUT2D eigenvalue weighted by molar-refractivity contribution is 0.350. The van der Waals surface area contributed by atoms with Gasteiger partial charge in [-0.1, -0.05) is 31.8 Å². The molecule has 0 aliphatic rings. The molecule has 0 saturated carbocycles. The maximum absolute atomic E-state index is 14.1. The molecule has 2 aromatic rings. The molecule has 1 aromatic carbocycles. The summed E-state index contributed by atoms with van der Waals surface area (Å²) in [5.41, 5.74) is 3.29. The molecule has 0 unspecified atom stereocenters. The Morgan fingerprint density at radius 3 is 2.67 bits per heavy atom. The van der Waals surface area contributed by atoms with E-state index < -0.39 is 0 Å². The van der Waals surface area contributed by atoms with E-state index in [0.717, 1.165) is 24.2 Å². The zero-order valence-electron chi connectivity index (χ0n) is 12.4. The van der Waals surface area contributed by atoms with Gasteiger partial charge in [0.1, 0.15) is 12.4 Å². The van der Waals surface area contributed by atoms with Crippen LogP contribution in [0.5, 0.6) is 0 Å². The minimum Gasteiger partial charge on any atom is -0.384 e. The molecule has 2 rings (SSSR count). The van der Waals surface area contributed by atoms with Gasteiger partial charge in [-0.15, -0.1) is 0 Å². The molecule has 4 heteroatoms. The van der Waals surface area contributed by atoms with Crippen LogP contribution in [-0.4, -0.2) is 21.5 Å². The second-order valence-electron chi connectivity index (χ2n) is 4.76. The molecule has 1 heterocycles. The van der Waals surface area contributed by atoms with Gasteiger partial charge in [0.2, 0.25) is 0 Å². The summed E-state index contributed by atoms with van der Waals surface area (Å²) in [6.45, 7) is 4.32. The topological polar surface area (TPSA) is 38.0 Å². The number of benzene rings is 1. The van der Waals surface area contributed by atoms with E-state index >= 15 is 0 Å². The molecular weight excluding hydrogens is 267 g/mol. The van der Waals surface area contributed by atoms with Crippen molar-refractivity contribution < 1.29 is 9.50 Å². The van der Waals surface area contributed by atoms with Crippen molar-refractivity contribution in [1.29, 1.82) is 0 Å². The highest BCUT2D eigenvalue weighted by molar-refractivity contribution is 5.37. The molecule has 110 valence electrons. The normalized spacial score (nSPS) is 10.3. The van der Waals surface area contributed by atoms with Crippen molar-refractivity contribution in [2.24, 2.45) is 0 Å². The van der Waals surface area contributed by atoms with Crippen LogP contribution in [0.15, 0.2) is 24.3 Å². The molecule has 0 fully saturated rings. The number of hydrogen-bond acceptors (Lipinski definition) is 2. The quantitative estimate of drug-likeness (QED) is 0.877. The second-order valence-corrected chi connectivity index (χ2v) is 4.76. The monoisotopic (exact) mass is 286 g/mol. The predicted molar refractivity (Wildman–Crippen MR) is 80.4 cm³/mol. The smallest absolute Gasteiger partial charge is 0.129 e. The van der Waals surface area contributed by atoms with E-state index in [0.29, 0.717) is 17.7 Å². The summed E-state index contributed by atoms with van der Waals surface area (Å²) in [5, 5.41) is 13.1. The summed E-state index contributed by atoms with van der Waals surface area (Å²) in [5.74, 6) is 4.92. The minimum atomic E-state index is -0.296. The van der Waals surface area contributed by atoms with Crippen molar-refractivity contribution in [1.82, 2.24) is 9.78 Å². The zero-order valence-corrected chi connectivity index (χ0v) is 12.4. The van der Waals surface area contributed by atoms with E-state index in [1.165, 1.54) is 6.07 Å². The van der Waals surface area contributed by atoms with Crippen molar-refractivity contribution >= 4 is 0 Å². The van der Waals surface area contributed by atoms with E-state index in [1.807, 2.05) is 4.68 Å². The van der Waals surface area contributed by atoms with Crippen LogP contribution < -0.4 is 0 Å². The van der Waals surface area contributed by atoms with E-state index in [-0.39, 0.29) is 12.4 Å². The first kappa shape index (κ1) is 15.3. The molecule has 0 bridgehead atoms. The molecule has 21 heavy (non-hydrogen) atoms. The first-order chi connectivity index (χ1) is 10.2. The fraction of sp³-hybridized carbons (Fsp3) is 0.353. The maximum atomic E-state index is 14.1. The van der Waals surface area contributed by atoms with Gasteiger partial charge in [-0.25, -0.2) is 4.39 Å². The van der Waals surface area contributed by atoms with E-state index in [1.54, 1.807) is 12.1 Å². The second kappa shape index (κ2) is 7.05. The van der Waals surface area contributed by atoms with Crippen LogP contribution in [0.25, 0.3) is 0 Å². The third kappa shape index (κ3) is 3.71. The Hall–Kier alpha value is -2.12. The Morgan fingerprint density at radius 2 is 2.05 bits per heavy atom. The van der Waals surface area contributed by atoms with Crippen molar-refractivity contribution in [2.75, 3.05) is 6.61 Å². The van der Waals surface area contributed by atoms with Gasteiger partial charge < -0.3 is 5.11 Å². The summed E-state index contributed by atoms with van der Waals surface area (Å²) in [6.07, 6.45) is 1.74. The molecule has 0 amide bonds. The highest BCUT2D eigenvalue weighted by Crippen LogP contribution is 2.14. The van der Waals surface area contributed by atoms with Crippen LogP contribution in [-0.2, 0) is 19.4 Å². The van der Waals surface area contributed by atoms with Gasteiger partial charge in [0.15, 0.2) is 0 Å². The standard InChI is InChI=1S/C17H19FN2O/c1-3-15-11-16(4-2)20(19-15)12-14-8-7-13(6-5-9-21)10-17(14)18/h7-8,10-11,21H,3-4,9,12H2,1-2H3. The number of aliphatic hydroxyl groups excluding tert-OH is 1. The number of nitrogens with zero attached hydrogens (tertiary/aromatic N) is 2. The number of aryl methyl sites for hydroxylation is 2. The van der Waals surface area contributed by atoms with Gasteiger partial charge >= 0.3 is 0 Å². The Bertz CT molecular complexity index is 680. The van der Waals surface area contributed by atoms with Crippen molar-refractivity contribution in [2.45, 2.75) is 33.2 Å². The van der Waals surface area contributed by atoms with Gasteiger partial charge in [0, 0.05) is 16.8 Å². The summed E-state index contributed by atoms with van der Waals surface area (Å²) >= 11 is 0. The molecule has 1 N–H and O–H groups in total. The number of aliphatic hydroxyl groups is 1. The first-order valence-electron chi connectivity index (χ1n) is 7.11. The Labute approximate surface area is 124 Å². The molecule has 0 radical (unpaired) electrons. The average molecular weight is 286 g/mol. The van der Waals surface area contributed by atoms with Gasteiger partial charge in [-0.3, -0.25) is 4.68 Å². The average Bonchev–Trinajstić information content (AvgIpc) is 2.90. The van der Waals surface area contributed by atoms with Crippen molar-refractivity contribution in [3.63, 3.8) is 0 Å². The minimum absolute atomic E-state index is 0.226. The number of halogens is 1. The molecule has 0 saturated heterocycles. The van der Waals surface area contributed by atoms with Crippen LogP contribution >= 0.6 is 0 Å². The summed E-state index contributed by atoms with van der Waals surface area (Å²) in [6, 6.07) is 6.95.